The molecular formula is C22H31N3O5. The third-order valence-corrected chi connectivity index (χ3v) is 5.28. The lowest BCUT2D eigenvalue weighted by molar-refractivity contribution is -0.132. The molecule has 1 aromatic carbocycles. The van der Waals surface area contributed by atoms with E-state index >= 15 is 0 Å². The van der Waals surface area contributed by atoms with Crippen molar-refractivity contribution < 1.29 is 23.9 Å². The van der Waals surface area contributed by atoms with Crippen molar-refractivity contribution in [2.45, 2.75) is 58.0 Å². The second-order valence-electron chi connectivity index (χ2n) is 8.88. The van der Waals surface area contributed by atoms with E-state index in [0.29, 0.717) is 26.0 Å². The number of ether oxygens (including phenoxy) is 2. The molecule has 2 aliphatic rings. The molecule has 8 heteroatoms. The lowest BCUT2D eigenvalue weighted by Crippen LogP contribution is -2.50. The first kappa shape index (κ1) is 21.9. The lowest BCUT2D eigenvalue weighted by Gasteiger charge is -2.33. The third kappa shape index (κ3) is 5.87. The Morgan fingerprint density at radius 3 is 2.70 bits per heavy atom. The second kappa shape index (κ2) is 9.36. The molecule has 3 amide bonds. The van der Waals surface area contributed by atoms with Crippen molar-refractivity contribution in [1.29, 1.82) is 0 Å². The van der Waals surface area contributed by atoms with Crippen LogP contribution in [0.2, 0.25) is 0 Å². The summed E-state index contributed by atoms with van der Waals surface area (Å²) < 4.78 is 11.0. The van der Waals surface area contributed by atoms with Gasteiger partial charge in [0.2, 0.25) is 11.8 Å². The number of rotatable bonds is 3. The van der Waals surface area contributed by atoms with Gasteiger partial charge < -0.3 is 14.4 Å². The molecule has 1 saturated heterocycles. The highest BCUT2D eigenvalue weighted by molar-refractivity contribution is 5.84. The number of likely N-dealkylation sites (tertiary alicyclic amines) is 1. The van der Waals surface area contributed by atoms with Gasteiger partial charge in [-0.15, -0.1) is 0 Å². The van der Waals surface area contributed by atoms with E-state index in [2.05, 4.69) is 10.9 Å². The van der Waals surface area contributed by atoms with Crippen LogP contribution in [0.5, 0.6) is 5.75 Å². The summed E-state index contributed by atoms with van der Waals surface area (Å²) in [5.41, 5.74) is 5.49. The van der Waals surface area contributed by atoms with Gasteiger partial charge in [-0.05, 0) is 57.6 Å². The fourth-order valence-corrected chi connectivity index (χ4v) is 3.82. The quantitative estimate of drug-likeness (QED) is 0.737. The Labute approximate surface area is 177 Å². The number of nitrogens with zero attached hydrogens (tertiary/aromatic N) is 1. The largest absolute Gasteiger partial charge is 0.493 e. The summed E-state index contributed by atoms with van der Waals surface area (Å²) in [4.78, 5) is 38.7. The second-order valence-corrected chi connectivity index (χ2v) is 8.88. The summed E-state index contributed by atoms with van der Waals surface area (Å²) in [6, 6.07) is 7.71. The van der Waals surface area contributed by atoms with Gasteiger partial charge in [-0.3, -0.25) is 20.4 Å². The number of nitrogens with one attached hydrogen (secondary N) is 2. The van der Waals surface area contributed by atoms with E-state index in [1.54, 1.807) is 4.90 Å². The fourth-order valence-electron chi connectivity index (χ4n) is 3.82. The number of hydrogen-bond acceptors (Lipinski definition) is 5. The molecule has 0 aromatic heterocycles. The zero-order valence-electron chi connectivity index (χ0n) is 17.9. The lowest BCUT2D eigenvalue weighted by atomic mass is 9.90. The molecule has 0 aliphatic carbocycles. The van der Waals surface area contributed by atoms with Crippen LogP contribution < -0.4 is 15.6 Å². The average molecular weight is 418 g/mol. The third-order valence-electron chi connectivity index (χ3n) is 5.28. The summed E-state index contributed by atoms with van der Waals surface area (Å²) in [6.07, 6.45) is 1.99. The monoisotopic (exact) mass is 417 g/mol. The van der Waals surface area contributed by atoms with Crippen LogP contribution in [0.15, 0.2) is 24.3 Å². The smallest absolute Gasteiger partial charge is 0.410 e. The average Bonchev–Trinajstić information content (AvgIpc) is 2.71. The molecule has 2 atom stereocenters. The Balaban J connectivity index is 1.47. The SMILES string of the molecule is CC(C)(C)OC(=O)N1CCCC(C(=O)NNC(=O)CC2CCOc3ccccc32)C1. The topological polar surface area (TPSA) is 97.0 Å². The highest BCUT2D eigenvalue weighted by Crippen LogP contribution is 2.35. The van der Waals surface area contributed by atoms with Gasteiger partial charge in [0.05, 0.1) is 12.5 Å². The zero-order chi connectivity index (χ0) is 21.7. The van der Waals surface area contributed by atoms with Gasteiger partial charge in [-0.1, -0.05) is 18.2 Å². The Hall–Kier alpha value is -2.77. The Kier molecular flexibility index (Phi) is 6.84. The first-order chi connectivity index (χ1) is 14.2. The van der Waals surface area contributed by atoms with Crippen LogP contribution in [0.3, 0.4) is 0 Å². The normalized spacial score (nSPS) is 21.1. The van der Waals surface area contributed by atoms with E-state index in [4.69, 9.17) is 9.47 Å². The molecule has 30 heavy (non-hydrogen) atoms. The summed E-state index contributed by atoms with van der Waals surface area (Å²) in [5.74, 6) is -0.0385. The van der Waals surface area contributed by atoms with Gasteiger partial charge in [-0.2, -0.15) is 0 Å². The summed E-state index contributed by atoms with van der Waals surface area (Å²) in [7, 11) is 0. The molecule has 0 radical (unpaired) electrons. The van der Waals surface area contributed by atoms with Crippen LogP contribution in [-0.2, 0) is 14.3 Å². The zero-order valence-corrected chi connectivity index (χ0v) is 17.9. The molecule has 3 rings (SSSR count). The van der Waals surface area contributed by atoms with Crippen LogP contribution in [0.25, 0.3) is 0 Å². The van der Waals surface area contributed by atoms with E-state index in [1.807, 2.05) is 45.0 Å². The van der Waals surface area contributed by atoms with Crippen LogP contribution in [0.4, 0.5) is 4.79 Å². The molecule has 0 spiro atoms. The molecular weight excluding hydrogens is 386 g/mol. The highest BCUT2D eigenvalue weighted by Gasteiger charge is 2.31. The standard InChI is InChI=1S/C22H31N3O5/c1-22(2,3)30-21(28)25-11-6-7-16(14-25)20(27)24-23-19(26)13-15-10-12-29-18-9-5-4-8-17(15)18/h4-5,8-9,15-16H,6-7,10-14H2,1-3H3,(H,23,26)(H,24,27). The van der Waals surface area contributed by atoms with Gasteiger partial charge in [0.15, 0.2) is 0 Å². The molecule has 2 N–H and O–H groups in total. The number of para-hydroxylation sites is 1. The number of piperidine rings is 1. The van der Waals surface area contributed by atoms with Crippen LogP contribution >= 0.6 is 0 Å². The minimum atomic E-state index is -0.580. The predicted molar refractivity (Wildman–Crippen MR) is 111 cm³/mol. The Bertz CT molecular complexity index is 789. The minimum absolute atomic E-state index is 0.0594. The van der Waals surface area contributed by atoms with Crippen molar-refractivity contribution in [3.8, 4) is 5.75 Å². The van der Waals surface area contributed by atoms with Crippen molar-refractivity contribution in [3.63, 3.8) is 0 Å². The molecule has 2 heterocycles. The molecule has 2 unspecified atom stereocenters. The number of carbonyl (C=O) groups is 3. The summed E-state index contributed by atoms with van der Waals surface area (Å²) in [6.45, 7) is 6.85. The van der Waals surface area contributed by atoms with E-state index < -0.39 is 11.7 Å². The van der Waals surface area contributed by atoms with Crippen molar-refractivity contribution in [2.75, 3.05) is 19.7 Å². The molecule has 8 nitrogen and oxygen atoms in total. The molecule has 0 saturated carbocycles. The fraction of sp³-hybridized carbons (Fsp3) is 0.591. The van der Waals surface area contributed by atoms with Crippen molar-refractivity contribution in [1.82, 2.24) is 15.8 Å². The number of fused-ring (bicyclic) bond motifs is 1. The van der Waals surface area contributed by atoms with Gasteiger partial charge in [0.1, 0.15) is 11.4 Å². The van der Waals surface area contributed by atoms with E-state index in [9.17, 15) is 14.4 Å². The number of amides is 3. The first-order valence-electron chi connectivity index (χ1n) is 10.5. The van der Waals surface area contributed by atoms with E-state index in [-0.39, 0.29) is 36.6 Å². The molecule has 0 bridgehead atoms. The van der Waals surface area contributed by atoms with Crippen molar-refractivity contribution >= 4 is 17.9 Å². The van der Waals surface area contributed by atoms with Crippen LogP contribution in [0, 0.1) is 5.92 Å². The highest BCUT2D eigenvalue weighted by atomic mass is 16.6. The van der Waals surface area contributed by atoms with E-state index in [0.717, 1.165) is 17.7 Å². The maximum Gasteiger partial charge on any atom is 0.410 e. The molecule has 1 aromatic rings. The van der Waals surface area contributed by atoms with Crippen molar-refractivity contribution in [2.24, 2.45) is 5.92 Å². The molecule has 164 valence electrons. The van der Waals surface area contributed by atoms with Crippen LogP contribution in [0.1, 0.15) is 57.9 Å². The number of benzene rings is 1. The number of hydrazine groups is 1. The summed E-state index contributed by atoms with van der Waals surface area (Å²) in [5, 5.41) is 0. The van der Waals surface area contributed by atoms with E-state index in [1.165, 1.54) is 0 Å². The molecule has 2 aliphatic heterocycles. The maximum absolute atomic E-state index is 12.5. The number of carbonyl (C=O) groups excluding carboxylic acids is 3. The first-order valence-corrected chi connectivity index (χ1v) is 10.5. The molecule has 1 fully saturated rings. The minimum Gasteiger partial charge on any atom is -0.493 e. The maximum atomic E-state index is 12.5. The summed E-state index contributed by atoms with van der Waals surface area (Å²) >= 11 is 0. The van der Waals surface area contributed by atoms with Crippen LogP contribution in [-0.4, -0.2) is 48.1 Å². The van der Waals surface area contributed by atoms with Gasteiger partial charge in [0, 0.05) is 19.5 Å². The van der Waals surface area contributed by atoms with Gasteiger partial charge in [0.25, 0.3) is 0 Å². The Morgan fingerprint density at radius 1 is 1.17 bits per heavy atom. The predicted octanol–water partition coefficient (Wildman–Crippen LogP) is 2.74. The van der Waals surface area contributed by atoms with Gasteiger partial charge >= 0.3 is 6.09 Å². The van der Waals surface area contributed by atoms with Gasteiger partial charge in [-0.25, -0.2) is 4.79 Å². The van der Waals surface area contributed by atoms with Crippen molar-refractivity contribution in [3.05, 3.63) is 29.8 Å². The number of hydrogen-bond donors (Lipinski definition) is 2. The Morgan fingerprint density at radius 2 is 1.93 bits per heavy atom.